The zero-order chi connectivity index (χ0) is 28.4. The summed E-state index contributed by atoms with van der Waals surface area (Å²) in [6.45, 7) is 6.97. The summed E-state index contributed by atoms with van der Waals surface area (Å²) in [5.41, 5.74) is 4.60. The van der Waals surface area contributed by atoms with Gasteiger partial charge in [-0.05, 0) is 43.5 Å². The summed E-state index contributed by atoms with van der Waals surface area (Å²) >= 11 is 6.45. The number of nitrogens with one attached hydrogen (secondary N) is 2. The van der Waals surface area contributed by atoms with Crippen molar-refractivity contribution in [3.63, 3.8) is 0 Å². The number of piperidine rings is 1. The quantitative estimate of drug-likeness (QED) is 0.409. The summed E-state index contributed by atoms with van der Waals surface area (Å²) in [6, 6.07) is 19.7. The lowest BCUT2D eigenvalue weighted by molar-refractivity contribution is -0.136. The summed E-state index contributed by atoms with van der Waals surface area (Å²) in [6.07, 6.45) is 0.165. The van der Waals surface area contributed by atoms with E-state index < -0.39 is 6.04 Å². The minimum absolute atomic E-state index is 0.0202. The Morgan fingerprint density at radius 3 is 2.20 bits per heavy atom. The number of carbonyl (C=O) groups is 3. The number of carbonyl (C=O) groups excluding carboxylic acids is 3. The van der Waals surface area contributed by atoms with Gasteiger partial charge in [0.05, 0.1) is 6.42 Å². The predicted molar refractivity (Wildman–Crippen MR) is 154 cm³/mol. The van der Waals surface area contributed by atoms with Crippen molar-refractivity contribution < 1.29 is 19.1 Å². The van der Waals surface area contributed by atoms with Crippen LogP contribution >= 0.6 is 11.6 Å². The van der Waals surface area contributed by atoms with Gasteiger partial charge in [-0.15, -0.1) is 0 Å². The molecule has 0 radical (unpaired) electrons. The molecule has 0 bridgehead atoms. The molecule has 1 saturated heterocycles. The van der Waals surface area contributed by atoms with Crippen LogP contribution < -0.4 is 15.4 Å². The molecule has 208 valence electrons. The Bertz CT molecular complexity index is 1390. The Balaban J connectivity index is 1.17. The summed E-state index contributed by atoms with van der Waals surface area (Å²) in [5.74, 6) is 0.496. The average Bonchev–Trinajstić information content (AvgIpc) is 3.33. The molecule has 0 aromatic heterocycles. The van der Waals surface area contributed by atoms with Crippen molar-refractivity contribution in [2.24, 2.45) is 11.8 Å². The van der Waals surface area contributed by atoms with Gasteiger partial charge in [0, 0.05) is 41.6 Å². The highest BCUT2D eigenvalue weighted by Crippen LogP contribution is 2.46. The van der Waals surface area contributed by atoms with E-state index in [1.807, 2.05) is 63.2 Å². The molecule has 2 aliphatic rings. The van der Waals surface area contributed by atoms with Crippen molar-refractivity contribution in [2.45, 2.75) is 39.3 Å². The van der Waals surface area contributed by atoms with Gasteiger partial charge in [0.1, 0.15) is 11.8 Å². The van der Waals surface area contributed by atoms with Crippen LogP contribution in [-0.2, 0) is 20.8 Å². The van der Waals surface area contributed by atoms with Crippen LogP contribution in [0.1, 0.15) is 33.9 Å². The number of hydrogen-bond donors (Lipinski definition) is 2. The van der Waals surface area contributed by atoms with E-state index in [9.17, 15) is 14.4 Å². The predicted octanol–water partition coefficient (Wildman–Crippen LogP) is 4.32. The maximum atomic E-state index is 13.7. The van der Waals surface area contributed by atoms with E-state index in [-0.39, 0.29) is 48.6 Å². The molecule has 2 N–H and O–H groups in total. The molecule has 3 aromatic rings. The number of halogens is 1. The third-order valence-electron chi connectivity index (χ3n) is 7.76. The lowest BCUT2D eigenvalue weighted by Gasteiger charge is -2.27. The highest BCUT2D eigenvalue weighted by Gasteiger charge is 2.58. The number of aryl methyl sites for hydroxylation is 3. The first kappa shape index (κ1) is 27.7. The zero-order valence-electron chi connectivity index (χ0n) is 22.9. The molecule has 1 saturated carbocycles. The van der Waals surface area contributed by atoms with Gasteiger partial charge >= 0.3 is 0 Å². The lowest BCUT2D eigenvalue weighted by atomic mass is 10.0. The molecule has 1 aliphatic heterocycles. The zero-order valence-corrected chi connectivity index (χ0v) is 23.7. The normalized spacial score (nSPS) is 19.9. The van der Waals surface area contributed by atoms with Gasteiger partial charge in [-0.25, -0.2) is 0 Å². The maximum absolute atomic E-state index is 13.7. The van der Waals surface area contributed by atoms with Crippen LogP contribution in [0.2, 0.25) is 5.02 Å². The first-order valence-electron chi connectivity index (χ1n) is 13.6. The maximum Gasteiger partial charge on any atom is 0.258 e. The summed E-state index contributed by atoms with van der Waals surface area (Å²) in [4.78, 5) is 41.0. The molecule has 3 amide bonds. The largest absolute Gasteiger partial charge is 0.483 e. The smallest absolute Gasteiger partial charge is 0.258 e. The third-order valence-corrected chi connectivity index (χ3v) is 8.11. The fraction of sp³-hybridized carbons (Fsp3) is 0.344. The summed E-state index contributed by atoms with van der Waals surface area (Å²) in [5, 5.41) is 6.41. The van der Waals surface area contributed by atoms with Crippen molar-refractivity contribution in [1.82, 2.24) is 15.5 Å². The SMILES string of the molecule is Cc1cc(C)c(OCC(=O)NC2[C@H]3CN(C(=O)[C@H](NC(=O)Cc4ccccc4)c4ccccc4Cl)C[C@@H]23)c(C)c1. The molecule has 0 spiro atoms. The summed E-state index contributed by atoms with van der Waals surface area (Å²) in [7, 11) is 0. The van der Waals surface area contributed by atoms with Gasteiger partial charge in [0.25, 0.3) is 5.91 Å². The van der Waals surface area contributed by atoms with Crippen molar-refractivity contribution in [3.8, 4) is 5.75 Å². The minimum Gasteiger partial charge on any atom is -0.483 e. The first-order valence-corrected chi connectivity index (χ1v) is 14.0. The number of hydrogen-bond acceptors (Lipinski definition) is 4. The second-order valence-electron chi connectivity index (χ2n) is 10.9. The Labute approximate surface area is 239 Å². The number of rotatable bonds is 9. The molecule has 1 aliphatic carbocycles. The number of benzene rings is 3. The van der Waals surface area contributed by atoms with Gasteiger partial charge in [-0.2, -0.15) is 0 Å². The lowest BCUT2D eigenvalue weighted by Crippen LogP contribution is -2.45. The van der Waals surface area contributed by atoms with Crippen molar-refractivity contribution in [1.29, 1.82) is 0 Å². The Kier molecular flexibility index (Phi) is 8.12. The first-order chi connectivity index (χ1) is 19.2. The Morgan fingerprint density at radius 2 is 1.55 bits per heavy atom. The molecule has 5 rings (SSSR count). The van der Waals surface area contributed by atoms with Crippen LogP contribution in [0.15, 0.2) is 66.7 Å². The van der Waals surface area contributed by atoms with E-state index in [1.165, 1.54) is 0 Å². The molecule has 1 heterocycles. The Morgan fingerprint density at radius 1 is 0.925 bits per heavy atom. The van der Waals surface area contributed by atoms with Crippen LogP contribution in [0.5, 0.6) is 5.75 Å². The molecule has 1 unspecified atom stereocenters. The third kappa shape index (κ3) is 6.15. The molecular formula is C32H34ClN3O4. The number of ether oxygens (including phenoxy) is 1. The number of amides is 3. The van der Waals surface area contributed by atoms with Gasteiger partial charge in [0.2, 0.25) is 11.8 Å². The van der Waals surface area contributed by atoms with Gasteiger partial charge in [-0.1, -0.05) is 77.8 Å². The fourth-order valence-corrected chi connectivity index (χ4v) is 6.08. The molecular weight excluding hydrogens is 526 g/mol. The standard InChI is InChI=1S/C32H34ClN3O4/c1-19-13-20(2)31(21(3)14-19)40-18-28(38)35-29-24-16-36(17-25(24)29)32(39)30(23-11-7-8-12-26(23)33)34-27(37)15-22-9-5-4-6-10-22/h4-14,24-25,29-30H,15-18H2,1-3H3,(H,34,37)(H,35,38)/t24-,25+,29?,30-/m1/s1. The highest BCUT2D eigenvalue weighted by atomic mass is 35.5. The number of nitrogens with zero attached hydrogens (tertiary/aromatic N) is 1. The molecule has 8 heteroatoms. The monoisotopic (exact) mass is 559 g/mol. The topological polar surface area (TPSA) is 87.7 Å². The second-order valence-corrected chi connectivity index (χ2v) is 11.3. The van der Waals surface area contributed by atoms with Crippen LogP contribution in [0.3, 0.4) is 0 Å². The van der Waals surface area contributed by atoms with Crippen molar-refractivity contribution in [3.05, 3.63) is 99.6 Å². The van der Waals surface area contributed by atoms with Crippen LogP contribution in [-0.4, -0.2) is 48.4 Å². The van der Waals surface area contributed by atoms with E-state index in [0.717, 1.165) is 28.0 Å². The van der Waals surface area contributed by atoms with Gasteiger partial charge < -0.3 is 20.3 Å². The fourth-order valence-electron chi connectivity index (χ4n) is 5.84. The molecule has 4 atom stereocenters. The molecule has 7 nitrogen and oxygen atoms in total. The van der Waals surface area contributed by atoms with Gasteiger partial charge in [-0.3, -0.25) is 14.4 Å². The van der Waals surface area contributed by atoms with E-state index in [2.05, 4.69) is 10.6 Å². The highest BCUT2D eigenvalue weighted by molar-refractivity contribution is 6.31. The van der Waals surface area contributed by atoms with Crippen LogP contribution in [0, 0.1) is 32.6 Å². The van der Waals surface area contributed by atoms with E-state index in [1.54, 1.807) is 29.2 Å². The Hall–Kier alpha value is -3.84. The van der Waals surface area contributed by atoms with E-state index in [4.69, 9.17) is 16.3 Å². The van der Waals surface area contributed by atoms with E-state index in [0.29, 0.717) is 23.7 Å². The molecule has 40 heavy (non-hydrogen) atoms. The van der Waals surface area contributed by atoms with Crippen LogP contribution in [0.25, 0.3) is 0 Å². The van der Waals surface area contributed by atoms with E-state index >= 15 is 0 Å². The van der Waals surface area contributed by atoms with Crippen LogP contribution in [0.4, 0.5) is 0 Å². The second kappa shape index (κ2) is 11.7. The van der Waals surface area contributed by atoms with Crippen molar-refractivity contribution in [2.75, 3.05) is 19.7 Å². The minimum atomic E-state index is -0.884. The number of fused-ring (bicyclic) bond motifs is 1. The van der Waals surface area contributed by atoms with Crippen molar-refractivity contribution >= 4 is 29.3 Å². The van der Waals surface area contributed by atoms with Gasteiger partial charge in [0.15, 0.2) is 6.61 Å². The average molecular weight is 560 g/mol. The summed E-state index contributed by atoms with van der Waals surface area (Å²) < 4.78 is 5.84. The molecule has 3 aromatic carbocycles. The molecule has 2 fully saturated rings. The number of likely N-dealkylation sites (tertiary alicyclic amines) is 1.